The molecule has 1 fully saturated rings. The van der Waals surface area contributed by atoms with Gasteiger partial charge in [-0.1, -0.05) is 46.0 Å². The van der Waals surface area contributed by atoms with Crippen LogP contribution in [0.3, 0.4) is 0 Å². The van der Waals surface area contributed by atoms with Crippen LogP contribution in [-0.2, 0) is 10.5 Å². The van der Waals surface area contributed by atoms with Gasteiger partial charge in [0.1, 0.15) is 0 Å². The van der Waals surface area contributed by atoms with Gasteiger partial charge in [-0.05, 0) is 31.9 Å². The highest BCUT2D eigenvalue weighted by molar-refractivity contribution is 8.00. The second-order valence-electron chi connectivity index (χ2n) is 6.06. The number of anilines is 1. The zero-order valence-electron chi connectivity index (χ0n) is 14.3. The molecule has 3 heterocycles. The lowest BCUT2D eigenvalue weighted by Crippen LogP contribution is -2.18. The molecule has 0 saturated carbocycles. The molecular formula is C17H19N5O2S2. The quantitative estimate of drug-likeness (QED) is 0.611. The molecule has 0 bridgehead atoms. The molecule has 4 rings (SSSR count). The molecule has 3 aromatic rings. The largest absolute Gasteiger partial charge is 0.376 e. The predicted octanol–water partition coefficient (Wildman–Crippen LogP) is 3.78. The molecule has 1 atom stereocenters. The van der Waals surface area contributed by atoms with Gasteiger partial charge in [0.25, 0.3) is 5.89 Å². The Balaban J connectivity index is 1.29. The van der Waals surface area contributed by atoms with Crippen molar-refractivity contribution in [2.45, 2.75) is 36.0 Å². The number of ether oxygens (including phenoxy) is 1. The van der Waals surface area contributed by atoms with Crippen LogP contribution in [0.5, 0.6) is 0 Å². The molecule has 0 radical (unpaired) electrons. The minimum Gasteiger partial charge on any atom is -0.376 e. The van der Waals surface area contributed by atoms with Crippen LogP contribution in [0.25, 0.3) is 11.5 Å². The predicted molar refractivity (Wildman–Crippen MR) is 101 cm³/mol. The van der Waals surface area contributed by atoms with E-state index in [1.54, 1.807) is 11.8 Å². The third kappa shape index (κ3) is 4.40. The van der Waals surface area contributed by atoms with Gasteiger partial charge in [0.05, 0.1) is 11.9 Å². The SMILES string of the molecule is Cc1ccc(-c2nc(CSc3nnc(NCC4CCCO4)s3)no2)cc1. The van der Waals surface area contributed by atoms with Crippen LogP contribution < -0.4 is 5.32 Å². The van der Waals surface area contributed by atoms with Crippen molar-refractivity contribution in [3.8, 4) is 11.5 Å². The Morgan fingerprint density at radius 1 is 1.27 bits per heavy atom. The summed E-state index contributed by atoms with van der Waals surface area (Å²) in [5.74, 6) is 1.78. The lowest BCUT2D eigenvalue weighted by atomic mass is 10.1. The Bertz CT molecular complexity index is 843. The molecule has 1 N–H and O–H groups in total. The van der Waals surface area contributed by atoms with Crippen LogP contribution in [0.2, 0.25) is 0 Å². The van der Waals surface area contributed by atoms with E-state index >= 15 is 0 Å². The normalized spacial score (nSPS) is 16.9. The number of thioether (sulfide) groups is 1. The fourth-order valence-electron chi connectivity index (χ4n) is 2.60. The summed E-state index contributed by atoms with van der Waals surface area (Å²) < 4.78 is 11.8. The van der Waals surface area contributed by atoms with Crippen LogP contribution >= 0.6 is 23.1 Å². The monoisotopic (exact) mass is 389 g/mol. The van der Waals surface area contributed by atoms with E-state index in [0.29, 0.717) is 17.5 Å². The summed E-state index contributed by atoms with van der Waals surface area (Å²) in [6, 6.07) is 8.02. The van der Waals surface area contributed by atoms with Gasteiger partial charge in [-0.15, -0.1) is 10.2 Å². The molecule has 9 heteroatoms. The first-order valence-electron chi connectivity index (χ1n) is 8.48. The van der Waals surface area contributed by atoms with E-state index in [2.05, 4.69) is 25.7 Å². The first-order chi connectivity index (χ1) is 12.8. The van der Waals surface area contributed by atoms with Crippen molar-refractivity contribution in [1.82, 2.24) is 20.3 Å². The average Bonchev–Trinajstić information content (AvgIpc) is 3.40. The van der Waals surface area contributed by atoms with Gasteiger partial charge in [0.15, 0.2) is 10.2 Å². The Morgan fingerprint density at radius 3 is 2.96 bits per heavy atom. The molecule has 0 aliphatic carbocycles. The highest BCUT2D eigenvalue weighted by Crippen LogP contribution is 2.28. The van der Waals surface area contributed by atoms with Crippen LogP contribution in [0.15, 0.2) is 33.1 Å². The molecule has 136 valence electrons. The molecule has 0 spiro atoms. The second-order valence-corrected chi connectivity index (χ2v) is 8.26. The van der Waals surface area contributed by atoms with E-state index in [9.17, 15) is 0 Å². The second kappa shape index (κ2) is 8.15. The lowest BCUT2D eigenvalue weighted by molar-refractivity contribution is 0.120. The zero-order valence-corrected chi connectivity index (χ0v) is 16.0. The summed E-state index contributed by atoms with van der Waals surface area (Å²) in [5.41, 5.74) is 2.13. The number of nitrogens with one attached hydrogen (secondary N) is 1. The molecular weight excluding hydrogens is 370 g/mol. The lowest BCUT2D eigenvalue weighted by Gasteiger charge is -2.08. The summed E-state index contributed by atoms with van der Waals surface area (Å²) in [7, 11) is 0. The summed E-state index contributed by atoms with van der Waals surface area (Å²) >= 11 is 3.08. The first kappa shape index (κ1) is 17.4. The van der Waals surface area contributed by atoms with Crippen molar-refractivity contribution in [2.75, 3.05) is 18.5 Å². The fourth-order valence-corrected chi connectivity index (χ4v) is 4.20. The Morgan fingerprint density at radius 2 is 2.15 bits per heavy atom. The zero-order chi connectivity index (χ0) is 17.8. The molecule has 1 aromatic carbocycles. The topological polar surface area (TPSA) is 86.0 Å². The Kier molecular flexibility index (Phi) is 5.47. The van der Waals surface area contributed by atoms with Crippen molar-refractivity contribution in [1.29, 1.82) is 0 Å². The van der Waals surface area contributed by atoms with Gasteiger partial charge in [0.2, 0.25) is 5.13 Å². The van der Waals surface area contributed by atoms with Gasteiger partial charge in [0, 0.05) is 18.7 Å². The van der Waals surface area contributed by atoms with Gasteiger partial charge in [-0.3, -0.25) is 0 Å². The maximum Gasteiger partial charge on any atom is 0.257 e. The van der Waals surface area contributed by atoms with Crippen molar-refractivity contribution in [3.63, 3.8) is 0 Å². The van der Waals surface area contributed by atoms with E-state index in [1.807, 2.05) is 31.2 Å². The van der Waals surface area contributed by atoms with Crippen molar-refractivity contribution < 1.29 is 9.26 Å². The molecule has 0 amide bonds. The molecule has 7 nitrogen and oxygen atoms in total. The fraction of sp³-hybridized carbons (Fsp3) is 0.412. The third-order valence-corrected chi connectivity index (χ3v) is 6.01. The number of hydrogen-bond donors (Lipinski definition) is 1. The van der Waals surface area contributed by atoms with Crippen molar-refractivity contribution >= 4 is 28.2 Å². The van der Waals surface area contributed by atoms with Crippen LogP contribution in [0, 0.1) is 6.92 Å². The highest BCUT2D eigenvalue weighted by Gasteiger charge is 2.16. The van der Waals surface area contributed by atoms with Crippen LogP contribution in [0.1, 0.15) is 24.2 Å². The summed E-state index contributed by atoms with van der Waals surface area (Å²) in [4.78, 5) is 4.45. The molecule has 2 aromatic heterocycles. The molecule has 1 saturated heterocycles. The summed E-state index contributed by atoms with van der Waals surface area (Å²) in [6.07, 6.45) is 2.53. The van der Waals surface area contributed by atoms with Crippen molar-refractivity contribution in [2.24, 2.45) is 0 Å². The first-order valence-corrected chi connectivity index (χ1v) is 10.3. The minimum absolute atomic E-state index is 0.287. The Hall–Kier alpha value is -1.97. The third-order valence-electron chi connectivity index (χ3n) is 4.00. The maximum absolute atomic E-state index is 5.59. The minimum atomic E-state index is 0.287. The molecule has 26 heavy (non-hydrogen) atoms. The van der Waals surface area contributed by atoms with Gasteiger partial charge in [-0.25, -0.2) is 0 Å². The number of nitrogens with zero attached hydrogens (tertiary/aromatic N) is 4. The Labute approximate surface area is 159 Å². The standard InChI is InChI=1S/C17H19N5O2S2/c1-11-4-6-12(7-5-11)15-19-14(22-24-15)10-25-17-21-20-16(26-17)18-9-13-3-2-8-23-13/h4-7,13H,2-3,8-10H2,1H3,(H,18,20). The van der Waals surface area contributed by atoms with Crippen LogP contribution in [0.4, 0.5) is 5.13 Å². The van der Waals surface area contributed by atoms with E-state index in [0.717, 1.165) is 41.0 Å². The maximum atomic E-state index is 5.59. The number of benzene rings is 1. The number of hydrogen-bond acceptors (Lipinski definition) is 9. The van der Waals surface area contributed by atoms with Crippen LogP contribution in [-0.4, -0.2) is 39.6 Å². The van der Waals surface area contributed by atoms with E-state index < -0.39 is 0 Å². The highest BCUT2D eigenvalue weighted by atomic mass is 32.2. The molecule has 1 unspecified atom stereocenters. The number of aromatic nitrogens is 4. The van der Waals surface area contributed by atoms with Gasteiger partial charge >= 0.3 is 0 Å². The average molecular weight is 390 g/mol. The van der Waals surface area contributed by atoms with Crippen molar-refractivity contribution in [3.05, 3.63) is 35.7 Å². The van der Waals surface area contributed by atoms with E-state index in [-0.39, 0.29) is 6.10 Å². The van der Waals surface area contributed by atoms with Gasteiger partial charge in [-0.2, -0.15) is 4.98 Å². The smallest absolute Gasteiger partial charge is 0.257 e. The summed E-state index contributed by atoms with van der Waals surface area (Å²) in [6.45, 7) is 3.69. The van der Waals surface area contributed by atoms with E-state index in [1.165, 1.54) is 16.9 Å². The van der Waals surface area contributed by atoms with Gasteiger partial charge < -0.3 is 14.6 Å². The molecule has 1 aliphatic heterocycles. The molecule has 1 aliphatic rings. The number of rotatable bonds is 7. The summed E-state index contributed by atoms with van der Waals surface area (Å²) in [5, 5.41) is 16.5. The number of aryl methyl sites for hydroxylation is 1. The van der Waals surface area contributed by atoms with E-state index in [4.69, 9.17) is 9.26 Å².